The zero-order chi connectivity index (χ0) is 15.0. The first-order valence-electron chi connectivity index (χ1n) is 6.85. The summed E-state index contributed by atoms with van der Waals surface area (Å²) in [6.45, 7) is 0. The van der Waals surface area contributed by atoms with Crippen molar-refractivity contribution in [3.63, 3.8) is 0 Å². The number of anilines is 2. The fourth-order valence-electron chi connectivity index (χ4n) is 2.33. The number of rotatable bonds is 4. The van der Waals surface area contributed by atoms with Gasteiger partial charge in [-0.05, 0) is 12.0 Å². The van der Waals surface area contributed by atoms with Gasteiger partial charge in [0, 0.05) is 26.1 Å². The highest BCUT2D eigenvalue weighted by atomic mass is 32.1. The first kappa shape index (κ1) is 13.9. The highest BCUT2D eigenvalue weighted by molar-refractivity contribution is 7.18. The molecule has 1 saturated carbocycles. The SMILES string of the molecule is CN(C)c1nc(N)c(C(=O)NC2CC2c2ccccc2)s1. The molecule has 1 aliphatic carbocycles. The summed E-state index contributed by atoms with van der Waals surface area (Å²) in [4.78, 5) is 18.8. The van der Waals surface area contributed by atoms with Crippen molar-refractivity contribution in [2.45, 2.75) is 18.4 Å². The van der Waals surface area contributed by atoms with Crippen molar-refractivity contribution in [2.75, 3.05) is 24.7 Å². The summed E-state index contributed by atoms with van der Waals surface area (Å²) < 4.78 is 0. The summed E-state index contributed by atoms with van der Waals surface area (Å²) in [5, 5.41) is 3.79. The monoisotopic (exact) mass is 302 g/mol. The number of benzene rings is 1. The maximum Gasteiger partial charge on any atom is 0.265 e. The first-order chi connectivity index (χ1) is 10.1. The molecule has 0 radical (unpaired) electrons. The van der Waals surface area contributed by atoms with Crippen LogP contribution in [0.2, 0.25) is 0 Å². The molecule has 0 saturated heterocycles. The number of amides is 1. The quantitative estimate of drug-likeness (QED) is 0.907. The Morgan fingerprint density at radius 2 is 2.10 bits per heavy atom. The van der Waals surface area contributed by atoms with Crippen molar-refractivity contribution in [3.05, 3.63) is 40.8 Å². The highest BCUT2D eigenvalue weighted by Crippen LogP contribution is 2.41. The minimum atomic E-state index is -0.124. The van der Waals surface area contributed by atoms with Gasteiger partial charge in [0.05, 0.1) is 0 Å². The van der Waals surface area contributed by atoms with Gasteiger partial charge in [0.15, 0.2) is 5.13 Å². The van der Waals surface area contributed by atoms with Crippen molar-refractivity contribution < 1.29 is 4.79 Å². The molecule has 1 fully saturated rings. The molecule has 3 N–H and O–H groups in total. The Morgan fingerprint density at radius 3 is 2.71 bits per heavy atom. The molecule has 2 atom stereocenters. The van der Waals surface area contributed by atoms with Crippen LogP contribution in [0.1, 0.15) is 27.6 Å². The van der Waals surface area contributed by atoms with Crippen LogP contribution in [0.4, 0.5) is 10.9 Å². The predicted molar refractivity (Wildman–Crippen MR) is 85.9 cm³/mol. The molecule has 0 bridgehead atoms. The molecule has 6 heteroatoms. The Morgan fingerprint density at radius 1 is 1.38 bits per heavy atom. The minimum absolute atomic E-state index is 0.124. The molecule has 1 amide bonds. The van der Waals surface area contributed by atoms with Crippen molar-refractivity contribution >= 4 is 28.2 Å². The van der Waals surface area contributed by atoms with Gasteiger partial charge in [-0.1, -0.05) is 41.7 Å². The van der Waals surface area contributed by atoms with E-state index in [9.17, 15) is 4.79 Å². The molecule has 0 spiro atoms. The average molecular weight is 302 g/mol. The summed E-state index contributed by atoms with van der Waals surface area (Å²) in [7, 11) is 3.76. The van der Waals surface area contributed by atoms with Crippen LogP contribution in [0.3, 0.4) is 0 Å². The van der Waals surface area contributed by atoms with Gasteiger partial charge in [0.1, 0.15) is 10.7 Å². The average Bonchev–Trinajstić information content (AvgIpc) is 3.11. The third-order valence-electron chi connectivity index (χ3n) is 3.57. The number of nitrogens with two attached hydrogens (primary N) is 1. The van der Waals surface area contributed by atoms with Gasteiger partial charge in [-0.3, -0.25) is 4.79 Å². The number of carbonyl (C=O) groups excluding carboxylic acids is 1. The van der Waals surface area contributed by atoms with Gasteiger partial charge in [-0.2, -0.15) is 0 Å². The second-order valence-corrected chi connectivity index (χ2v) is 6.42. The molecular weight excluding hydrogens is 284 g/mol. The van der Waals surface area contributed by atoms with E-state index in [1.165, 1.54) is 16.9 Å². The van der Waals surface area contributed by atoms with Crippen LogP contribution in [-0.2, 0) is 0 Å². The molecule has 21 heavy (non-hydrogen) atoms. The van der Waals surface area contributed by atoms with E-state index in [1.54, 1.807) is 0 Å². The number of nitrogens with one attached hydrogen (secondary N) is 1. The molecule has 1 aliphatic rings. The van der Waals surface area contributed by atoms with Crippen molar-refractivity contribution in [1.29, 1.82) is 0 Å². The van der Waals surface area contributed by atoms with Crippen molar-refractivity contribution in [1.82, 2.24) is 10.3 Å². The molecule has 2 unspecified atom stereocenters. The molecular formula is C15H18N4OS. The topological polar surface area (TPSA) is 71.2 Å². The lowest BCUT2D eigenvalue weighted by atomic mass is 10.1. The third-order valence-corrected chi connectivity index (χ3v) is 4.80. The molecule has 1 aromatic heterocycles. The van der Waals surface area contributed by atoms with Crippen LogP contribution in [0.25, 0.3) is 0 Å². The van der Waals surface area contributed by atoms with E-state index in [0.717, 1.165) is 11.6 Å². The second kappa shape index (κ2) is 5.37. The zero-order valence-corrected chi connectivity index (χ0v) is 12.9. The lowest BCUT2D eigenvalue weighted by Crippen LogP contribution is -2.26. The predicted octanol–water partition coefficient (Wildman–Crippen LogP) is 2.08. The smallest absolute Gasteiger partial charge is 0.265 e. The molecule has 0 aliphatic heterocycles. The normalized spacial score (nSPS) is 20.1. The van der Waals surface area contributed by atoms with Crippen molar-refractivity contribution in [2.24, 2.45) is 0 Å². The maximum absolute atomic E-state index is 12.3. The molecule has 3 rings (SSSR count). The van der Waals surface area contributed by atoms with Crippen LogP contribution >= 0.6 is 11.3 Å². The lowest BCUT2D eigenvalue weighted by Gasteiger charge is -2.05. The number of carbonyl (C=O) groups is 1. The fraction of sp³-hybridized carbons (Fsp3) is 0.333. The maximum atomic E-state index is 12.3. The van der Waals surface area contributed by atoms with Gasteiger partial charge < -0.3 is 16.0 Å². The molecule has 5 nitrogen and oxygen atoms in total. The van der Waals surface area contributed by atoms with Gasteiger partial charge in [0.25, 0.3) is 5.91 Å². The Bertz CT molecular complexity index is 653. The van der Waals surface area contributed by atoms with Crippen LogP contribution in [0.5, 0.6) is 0 Å². The number of hydrogen-bond acceptors (Lipinski definition) is 5. The largest absolute Gasteiger partial charge is 0.382 e. The standard InChI is InChI=1S/C15H18N4OS/c1-19(2)15-18-13(16)12(21-15)14(20)17-11-8-10(11)9-6-4-3-5-7-9/h3-7,10-11H,8,16H2,1-2H3,(H,17,20). The van der Waals surface area contributed by atoms with E-state index in [1.807, 2.05) is 37.2 Å². The van der Waals surface area contributed by atoms with Gasteiger partial charge >= 0.3 is 0 Å². The summed E-state index contributed by atoms with van der Waals surface area (Å²) >= 11 is 1.32. The van der Waals surface area contributed by atoms with E-state index in [2.05, 4.69) is 22.4 Å². The Kier molecular flexibility index (Phi) is 3.55. The Hall–Kier alpha value is -2.08. The number of nitrogens with zero attached hydrogens (tertiary/aromatic N) is 2. The van der Waals surface area contributed by atoms with Crippen LogP contribution < -0.4 is 16.0 Å². The zero-order valence-electron chi connectivity index (χ0n) is 12.0. The lowest BCUT2D eigenvalue weighted by molar-refractivity contribution is 0.0955. The minimum Gasteiger partial charge on any atom is -0.382 e. The summed E-state index contributed by atoms with van der Waals surface area (Å²) in [6, 6.07) is 10.4. The van der Waals surface area contributed by atoms with Crippen LogP contribution in [0.15, 0.2) is 30.3 Å². The molecule has 1 aromatic carbocycles. The number of hydrogen-bond donors (Lipinski definition) is 2. The molecule has 110 valence electrons. The van der Waals surface area contributed by atoms with Gasteiger partial charge in [-0.15, -0.1) is 0 Å². The fourth-order valence-corrected chi connectivity index (χ4v) is 3.14. The number of aromatic nitrogens is 1. The number of nitrogen functional groups attached to an aromatic ring is 1. The van der Waals surface area contributed by atoms with E-state index < -0.39 is 0 Å². The first-order valence-corrected chi connectivity index (χ1v) is 7.67. The van der Waals surface area contributed by atoms with Crippen LogP contribution in [-0.4, -0.2) is 31.0 Å². The summed E-state index contributed by atoms with van der Waals surface area (Å²) in [6.07, 6.45) is 0.981. The number of thiazole rings is 1. The van der Waals surface area contributed by atoms with E-state index >= 15 is 0 Å². The van der Waals surface area contributed by atoms with Crippen LogP contribution in [0, 0.1) is 0 Å². The summed E-state index contributed by atoms with van der Waals surface area (Å²) in [5.74, 6) is 0.595. The van der Waals surface area contributed by atoms with Gasteiger partial charge in [-0.25, -0.2) is 4.98 Å². The van der Waals surface area contributed by atoms with Crippen molar-refractivity contribution in [3.8, 4) is 0 Å². The third kappa shape index (κ3) is 2.85. The Labute approximate surface area is 127 Å². The second-order valence-electron chi connectivity index (χ2n) is 5.44. The van der Waals surface area contributed by atoms with E-state index in [0.29, 0.717) is 16.6 Å². The van der Waals surface area contributed by atoms with Gasteiger partial charge in [0.2, 0.25) is 0 Å². The van der Waals surface area contributed by atoms with E-state index in [-0.39, 0.29) is 11.9 Å². The Balaban J connectivity index is 1.66. The molecule has 1 heterocycles. The summed E-state index contributed by atoms with van der Waals surface area (Å²) in [5.41, 5.74) is 7.11. The highest BCUT2D eigenvalue weighted by Gasteiger charge is 2.40. The molecule has 2 aromatic rings. The van der Waals surface area contributed by atoms with E-state index in [4.69, 9.17) is 5.73 Å².